The fourth-order valence-electron chi connectivity index (χ4n) is 2.73. The number of nitrogens with two attached hydrogens (primary N) is 1. The minimum atomic E-state index is -3.15. The predicted molar refractivity (Wildman–Crippen MR) is 84.1 cm³/mol. The summed E-state index contributed by atoms with van der Waals surface area (Å²) in [5, 5.41) is 4.12. The van der Waals surface area contributed by atoms with Gasteiger partial charge < -0.3 is 10.6 Å². The molecule has 21 heavy (non-hydrogen) atoms. The van der Waals surface area contributed by atoms with Crippen LogP contribution in [0.2, 0.25) is 5.02 Å². The Morgan fingerprint density at radius 3 is 2.86 bits per heavy atom. The van der Waals surface area contributed by atoms with Crippen molar-refractivity contribution in [2.75, 3.05) is 26.4 Å². The minimum absolute atomic E-state index is 0.217. The quantitative estimate of drug-likeness (QED) is 0.871. The molecular weight excluding hydrogens is 312 g/mol. The highest BCUT2D eigenvalue weighted by Gasteiger charge is 2.36. The molecule has 0 amide bonds. The number of halogens is 1. The number of likely N-dealkylation sites (N-methyl/N-ethyl adjacent to an activating group) is 1. The van der Waals surface area contributed by atoms with Gasteiger partial charge in [0.05, 0.1) is 40.5 Å². The molecule has 0 aromatic carbocycles. The van der Waals surface area contributed by atoms with Crippen LogP contribution >= 0.6 is 11.6 Å². The summed E-state index contributed by atoms with van der Waals surface area (Å²) >= 11 is 6.20. The van der Waals surface area contributed by atoms with Crippen LogP contribution in [0.1, 0.15) is 31.0 Å². The van der Waals surface area contributed by atoms with Gasteiger partial charge in [0, 0.05) is 6.54 Å². The zero-order valence-corrected chi connectivity index (χ0v) is 14.1. The molecule has 1 aliphatic rings. The Kier molecular flexibility index (Phi) is 5.29. The van der Waals surface area contributed by atoms with Crippen molar-refractivity contribution >= 4 is 21.4 Å². The fourth-order valence-corrected chi connectivity index (χ4v) is 5.01. The molecule has 1 aromatic heterocycles. The molecule has 2 unspecified atom stereocenters. The summed E-state index contributed by atoms with van der Waals surface area (Å²) in [6.07, 6.45) is 3.75. The SMILES string of the molecule is CN(C)CCn1ncc(Cl)c1C(N)C1CCCCS1(=O)=O. The number of rotatable bonds is 5. The molecule has 0 aliphatic carbocycles. The van der Waals surface area contributed by atoms with E-state index in [9.17, 15) is 8.42 Å². The molecule has 6 nitrogen and oxygen atoms in total. The number of sulfone groups is 1. The number of hydrogen-bond donors (Lipinski definition) is 1. The average Bonchev–Trinajstić information content (AvgIpc) is 2.76. The van der Waals surface area contributed by atoms with Crippen LogP contribution in [0.4, 0.5) is 0 Å². The third-order valence-corrected chi connectivity index (χ3v) is 6.54. The van der Waals surface area contributed by atoms with Crippen molar-refractivity contribution in [1.29, 1.82) is 0 Å². The first-order valence-electron chi connectivity index (χ1n) is 7.16. The highest BCUT2D eigenvalue weighted by Crippen LogP contribution is 2.32. The Hall–Kier alpha value is -0.630. The van der Waals surface area contributed by atoms with Crippen LogP contribution in [0, 0.1) is 0 Å². The topological polar surface area (TPSA) is 81.2 Å². The first-order chi connectivity index (χ1) is 9.83. The van der Waals surface area contributed by atoms with Crippen LogP contribution in [-0.2, 0) is 16.4 Å². The third kappa shape index (κ3) is 3.77. The van der Waals surface area contributed by atoms with Gasteiger partial charge in [-0.3, -0.25) is 4.68 Å². The molecule has 0 saturated carbocycles. The lowest BCUT2D eigenvalue weighted by atomic mass is 10.0. The second-order valence-corrected chi connectivity index (χ2v) is 8.58. The monoisotopic (exact) mass is 334 g/mol. The Morgan fingerprint density at radius 2 is 2.24 bits per heavy atom. The van der Waals surface area contributed by atoms with Crippen molar-refractivity contribution in [2.45, 2.75) is 37.1 Å². The van der Waals surface area contributed by atoms with E-state index in [0.717, 1.165) is 19.4 Å². The van der Waals surface area contributed by atoms with Crippen LogP contribution in [-0.4, -0.2) is 54.7 Å². The number of aromatic nitrogens is 2. The third-order valence-electron chi connectivity index (χ3n) is 3.94. The van der Waals surface area contributed by atoms with Gasteiger partial charge in [0.1, 0.15) is 0 Å². The van der Waals surface area contributed by atoms with Crippen molar-refractivity contribution in [3.63, 3.8) is 0 Å². The van der Waals surface area contributed by atoms with Gasteiger partial charge in [-0.1, -0.05) is 18.0 Å². The second kappa shape index (κ2) is 6.64. The maximum absolute atomic E-state index is 12.2. The van der Waals surface area contributed by atoms with Gasteiger partial charge in [-0.25, -0.2) is 8.42 Å². The average molecular weight is 335 g/mol. The minimum Gasteiger partial charge on any atom is -0.322 e. The van der Waals surface area contributed by atoms with Crippen LogP contribution in [0.5, 0.6) is 0 Å². The van der Waals surface area contributed by atoms with Crippen molar-refractivity contribution in [2.24, 2.45) is 5.73 Å². The van der Waals surface area contributed by atoms with E-state index in [0.29, 0.717) is 23.7 Å². The maximum atomic E-state index is 12.2. The van der Waals surface area contributed by atoms with Gasteiger partial charge in [0.25, 0.3) is 0 Å². The van der Waals surface area contributed by atoms with E-state index in [1.54, 1.807) is 10.9 Å². The number of nitrogens with zero attached hydrogens (tertiary/aromatic N) is 3. The summed E-state index contributed by atoms with van der Waals surface area (Å²) < 4.78 is 26.2. The first kappa shape index (κ1) is 16.7. The van der Waals surface area contributed by atoms with Gasteiger partial charge in [0.2, 0.25) is 0 Å². The highest BCUT2D eigenvalue weighted by atomic mass is 35.5. The molecule has 1 aromatic rings. The fraction of sp³-hybridized carbons (Fsp3) is 0.769. The Bertz CT molecular complexity index is 585. The van der Waals surface area contributed by atoms with E-state index in [-0.39, 0.29) is 5.75 Å². The molecule has 2 heterocycles. The van der Waals surface area contributed by atoms with Crippen molar-refractivity contribution in [1.82, 2.24) is 14.7 Å². The normalized spacial score (nSPS) is 23.4. The van der Waals surface area contributed by atoms with Gasteiger partial charge in [-0.2, -0.15) is 5.10 Å². The lowest BCUT2D eigenvalue weighted by Gasteiger charge is -2.28. The first-order valence-corrected chi connectivity index (χ1v) is 9.25. The summed E-state index contributed by atoms with van der Waals surface area (Å²) in [6.45, 7) is 1.42. The number of hydrogen-bond acceptors (Lipinski definition) is 5. The summed E-state index contributed by atoms with van der Waals surface area (Å²) in [7, 11) is 0.788. The van der Waals surface area contributed by atoms with E-state index in [2.05, 4.69) is 5.10 Å². The Morgan fingerprint density at radius 1 is 1.52 bits per heavy atom. The van der Waals surface area contributed by atoms with Crippen LogP contribution in [0.3, 0.4) is 0 Å². The molecule has 0 radical (unpaired) electrons. The smallest absolute Gasteiger partial charge is 0.155 e. The van der Waals surface area contributed by atoms with Crippen molar-refractivity contribution in [3.8, 4) is 0 Å². The lowest BCUT2D eigenvalue weighted by Crippen LogP contribution is -2.39. The molecule has 1 saturated heterocycles. The van der Waals surface area contributed by atoms with Crippen molar-refractivity contribution < 1.29 is 8.42 Å². The van der Waals surface area contributed by atoms with E-state index in [1.165, 1.54) is 0 Å². The van der Waals surface area contributed by atoms with Crippen molar-refractivity contribution in [3.05, 3.63) is 16.9 Å². The van der Waals surface area contributed by atoms with Gasteiger partial charge >= 0.3 is 0 Å². The summed E-state index contributed by atoms with van der Waals surface area (Å²) in [4.78, 5) is 2.03. The van der Waals surface area contributed by atoms with Gasteiger partial charge in [-0.05, 0) is 26.9 Å². The second-order valence-electron chi connectivity index (χ2n) is 5.83. The molecule has 8 heteroatoms. The Labute approximate surface area is 131 Å². The van der Waals surface area contributed by atoms with Crippen LogP contribution in [0.25, 0.3) is 0 Å². The van der Waals surface area contributed by atoms with E-state index in [1.807, 2.05) is 19.0 Å². The molecule has 2 N–H and O–H groups in total. The summed E-state index contributed by atoms with van der Waals surface area (Å²) in [6, 6.07) is -0.618. The van der Waals surface area contributed by atoms with E-state index < -0.39 is 21.1 Å². The van der Waals surface area contributed by atoms with Gasteiger partial charge in [-0.15, -0.1) is 0 Å². The van der Waals surface area contributed by atoms with E-state index >= 15 is 0 Å². The molecule has 120 valence electrons. The zero-order valence-electron chi connectivity index (χ0n) is 12.5. The zero-order chi connectivity index (χ0) is 15.6. The molecule has 0 spiro atoms. The highest BCUT2D eigenvalue weighted by molar-refractivity contribution is 7.92. The molecular formula is C13H23ClN4O2S. The van der Waals surface area contributed by atoms with Crippen LogP contribution < -0.4 is 5.73 Å². The largest absolute Gasteiger partial charge is 0.322 e. The summed E-state index contributed by atoms with van der Waals surface area (Å²) in [5.41, 5.74) is 6.89. The standard InChI is InChI=1S/C13H23ClN4O2S/c1-17(2)6-7-18-13(10(14)9-16-18)12(15)11-5-3-4-8-21(11,19)20/h9,11-12H,3-8,15H2,1-2H3. The maximum Gasteiger partial charge on any atom is 0.155 e. The Balaban J connectivity index is 2.26. The molecule has 1 aliphatic heterocycles. The van der Waals surface area contributed by atoms with E-state index in [4.69, 9.17) is 17.3 Å². The van der Waals surface area contributed by atoms with Gasteiger partial charge in [0.15, 0.2) is 9.84 Å². The predicted octanol–water partition coefficient (Wildman–Crippen LogP) is 1.07. The molecule has 2 atom stereocenters. The molecule has 1 fully saturated rings. The lowest BCUT2D eigenvalue weighted by molar-refractivity contribution is 0.364. The molecule has 0 bridgehead atoms. The summed E-state index contributed by atoms with van der Waals surface area (Å²) in [5.74, 6) is 0.217. The van der Waals surface area contributed by atoms with Crippen LogP contribution in [0.15, 0.2) is 6.20 Å². The molecule has 2 rings (SSSR count).